The fraction of sp³-hybridized carbons (Fsp3) is 0.390. The number of fused-ring (bicyclic) bond motifs is 3. The van der Waals surface area contributed by atoms with Gasteiger partial charge in [-0.3, -0.25) is 4.90 Å². The molecule has 2 bridgehead atoms. The summed E-state index contributed by atoms with van der Waals surface area (Å²) < 4.78 is 55.0. The van der Waals surface area contributed by atoms with E-state index in [1.54, 1.807) is 49.8 Å². The molecule has 298 valence electrons. The molecule has 1 aliphatic carbocycles. The number of carbonyl (C=O) groups excluding carboxylic acids is 2. The molecule has 1 aromatic heterocycles. The zero-order valence-corrected chi connectivity index (χ0v) is 32.1. The molecule has 15 heteroatoms. The number of para-hydroxylation sites is 1. The number of anilines is 1. The Hall–Kier alpha value is -4.69. The number of benzene rings is 3. The first kappa shape index (κ1) is 41.0. The number of hydrogen-bond donors (Lipinski definition) is 1. The second-order valence-corrected chi connectivity index (χ2v) is 14.9. The van der Waals surface area contributed by atoms with E-state index in [0.29, 0.717) is 56.6 Å². The van der Waals surface area contributed by atoms with E-state index in [0.717, 1.165) is 45.3 Å². The van der Waals surface area contributed by atoms with Crippen LogP contribution in [0.2, 0.25) is 10.0 Å². The zero-order valence-electron chi connectivity index (χ0n) is 30.6. The summed E-state index contributed by atoms with van der Waals surface area (Å²) in [5.74, 6) is 0.100. The van der Waals surface area contributed by atoms with Gasteiger partial charge in [0.25, 0.3) is 0 Å². The molecule has 0 spiro atoms. The number of esters is 2. The lowest BCUT2D eigenvalue weighted by Crippen LogP contribution is -2.52. The first-order valence-electron chi connectivity index (χ1n) is 18.3. The summed E-state index contributed by atoms with van der Waals surface area (Å²) in [5, 5.41) is 3.94. The predicted molar refractivity (Wildman–Crippen MR) is 203 cm³/mol. The summed E-state index contributed by atoms with van der Waals surface area (Å²) in [6.07, 6.45) is 6.02. The van der Waals surface area contributed by atoms with Crippen molar-refractivity contribution in [3.8, 4) is 17.2 Å². The van der Waals surface area contributed by atoms with E-state index in [2.05, 4.69) is 15.2 Å². The Labute approximate surface area is 333 Å². The van der Waals surface area contributed by atoms with Crippen molar-refractivity contribution in [2.24, 2.45) is 11.8 Å². The van der Waals surface area contributed by atoms with E-state index >= 15 is 0 Å². The second-order valence-electron chi connectivity index (χ2n) is 14.1. The van der Waals surface area contributed by atoms with Gasteiger partial charge in [-0.1, -0.05) is 47.5 Å². The van der Waals surface area contributed by atoms with Gasteiger partial charge in [0, 0.05) is 29.8 Å². The maximum atomic E-state index is 13.9. The molecule has 3 saturated heterocycles. The molecule has 3 aliphatic heterocycles. The topological polar surface area (TPSA) is 140 Å². The molecule has 4 heterocycles. The summed E-state index contributed by atoms with van der Waals surface area (Å²) in [4.78, 5) is 32.8. The molecule has 1 saturated carbocycles. The molecule has 11 nitrogen and oxygen atoms in total. The van der Waals surface area contributed by atoms with Gasteiger partial charge in [0.05, 0.1) is 19.3 Å². The SMILES string of the molecule is COc1ccccc1C(Nc1ccc(C(=O)O[C@@H](Cc2c(Cl)c[nH+]cc2Cl)c2ccc(OC(F)F)c(OCC3CC3)c2)cc1)C(=O)O[C@H]1CN2CCC1CC2.[OH-]. The summed E-state index contributed by atoms with van der Waals surface area (Å²) in [6, 6.07) is 17.3. The molecule has 0 amide bonds. The third-order valence-corrected chi connectivity index (χ3v) is 11.0. The average molecular weight is 815 g/mol. The Morgan fingerprint density at radius 2 is 1.64 bits per heavy atom. The Morgan fingerprint density at radius 1 is 0.929 bits per heavy atom. The number of aromatic nitrogens is 1. The van der Waals surface area contributed by atoms with Gasteiger partial charge < -0.3 is 34.5 Å². The zero-order chi connectivity index (χ0) is 38.5. The van der Waals surface area contributed by atoms with Crippen molar-refractivity contribution in [1.29, 1.82) is 0 Å². The molecular formula is C41H43Cl2F2N3O8. The number of aromatic amines is 1. The maximum absolute atomic E-state index is 13.9. The lowest BCUT2D eigenvalue weighted by molar-refractivity contribution is -0.377. The predicted octanol–water partition coefficient (Wildman–Crippen LogP) is 7.96. The van der Waals surface area contributed by atoms with Crippen LogP contribution in [-0.4, -0.2) is 68.4 Å². The highest BCUT2D eigenvalue weighted by molar-refractivity contribution is 6.35. The lowest BCUT2D eigenvalue weighted by atomic mass is 9.86. The Kier molecular flexibility index (Phi) is 13.5. The van der Waals surface area contributed by atoms with Gasteiger partial charge in [-0.05, 0) is 98.6 Å². The van der Waals surface area contributed by atoms with Crippen LogP contribution in [0.3, 0.4) is 0 Å². The molecule has 0 radical (unpaired) electrons. The number of halogens is 4. The van der Waals surface area contributed by atoms with Crippen molar-refractivity contribution in [3.05, 3.63) is 111 Å². The van der Waals surface area contributed by atoms with Gasteiger partial charge in [-0.15, -0.1) is 0 Å². The van der Waals surface area contributed by atoms with Crippen molar-refractivity contribution in [1.82, 2.24) is 4.90 Å². The van der Waals surface area contributed by atoms with E-state index in [-0.39, 0.29) is 35.1 Å². The van der Waals surface area contributed by atoms with Crippen molar-refractivity contribution >= 4 is 40.8 Å². The number of nitrogens with one attached hydrogen (secondary N) is 2. The lowest BCUT2D eigenvalue weighted by Gasteiger charge is -2.44. The van der Waals surface area contributed by atoms with Crippen LogP contribution in [0.5, 0.6) is 17.2 Å². The van der Waals surface area contributed by atoms with Gasteiger partial charge in [0.15, 0.2) is 29.9 Å². The van der Waals surface area contributed by atoms with Gasteiger partial charge in [-0.2, -0.15) is 8.78 Å². The van der Waals surface area contributed by atoms with Crippen LogP contribution in [-0.2, 0) is 20.7 Å². The smallest absolute Gasteiger partial charge is 0.387 e. The Morgan fingerprint density at radius 3 is 2.29 bits per heavy atom. The van der Waals surface area contributed by atoms with Crippen molar-refractivity contribution in [3.63, 3.8) is 0 Å². The number of hydrogen-bond acceptors (Lipinski definition) is 10. The summed E-state index contributed by atoms with van der Waals surface area (Å²) in [5.41, 5.74) is 2.37. The van der Waals surface area contributed by atoms with Gasteiger partial charge in [-0.25, -0.2) is 14.6 Å². The number of H-pyrrole nitrogens is 1. The van der Waals surface area contributed by atoms with E-state index in [1.807, 2.05) is 18.2 Å². The summed E-state index contributed by atoms with van der Waals surface area (Å²) in [6.45, 7) is 0.0473. The third-order valence-electron chi connectivity index (χ3n) is 10.3. The van der Waals surface area contributed by atoms with Crippen molar-refractivity contribution in [2.75, 3.05) is 38.7 Å². The number of methoxy groups -OCH3 is 1. The maximum Gasteiger partial charge on any atom is 0.387 e. The molecule has 4 aromatic rings. The van der Waals surface area contributed by atoms with E-state index in [1.165, 1.54) is 18.2 Å². The molecule has 56 heavy (non-hydrogen) atoms. The summed E-state index contributed by atoms with van der Waals surface area (Å²) in [7, 11) is 1.55. The second kappa shape index (κ2) is 18.5. The molecule has 3 N–H and O–H groups in total. The summed E-state index contributed by atoms with van der Waals surface area (Å²) >= 11 is 13.0. The van der Waals surface area contributed by atoms with Crippen LogP contribution in [0.4, 0.5) is 14.5 Å². The number of pyridine rings is 1. The minimum Gasteiger partial charge on any atom is -0.870 e. The number of carbonyl (C=O) groups is 2. The highest BCUT2D eigenvalue weighted by atomic mass is 35.5. The highest BCUT2D eigenvalue weighted by Crippen LogP contribution is 2.39. The molecule has 4 fully saturated rings. The van der Waals surface area contributed by atoms with Gasteiger partial charge >= 0.3 is 18.6 Å². The van der Waals surface area contributed by atoms with Crippen LogP contribution in [0.25, 0.3) is 0 Å². The Balaban J connectivity index is 0.00000532. The highest BCUT2D eigenvalue weighted by Gasteiger charge is 2.38. The van der Waals surface area contributed by atoms with Gasteiger partial charge in [0.2, 0.25) is 0 Å². The molecule has 3 aromatic carbocycles. The van der Waals surface area contributed by atoms with Crippen LogP contribution >= 0.6 is 23.2 Å². The fourth-order valence-electron chi connectivity index (χ4n) is 7.10. The first-order chi connectivity index (χ1) is 26.6. The monoisotopic (exact) mass is 813 g/mol. The van der Waals surface area contributed by atoms with Crippen LogP contribution in [0, 0.1) is 11.8 Å². The average Bonchev–Trinajstić information content (AvgIpc) is 4.03. The number of piperidine rings is 3. The minimum atomic E-state index is -3.06. The van der Waals surface area contributed by atoms with Crippen LogP contribution in [0.1, 0.15) is 64.9 Å². The van der Waals surface area contributed by atoms with Gasteiger partial charge in [0.1, 0.15) is 28.0 Å². The number of rotatable bonds is 16. The molecule has 3 atom stereocenters. The van der Waals surface area contributed by atoms with Crippen molar-refractivity contribution < 1.29 is 52.5 Å². The number of ether oxygens (including phenoxy) is 5. The van der Waals surface area contributed by atoms with Crippen LogP contribution < -0.4 is 24.5 Å². The van der Waals surface area contributed by atoms with Crippen LogP contribution in [0.15, 0.2) is 79.1 Å². The van der Waals surface area contributed by atoms with E-state index < -0.39 is 30.7 Å². The molecular weight excluding hydrogens is 771 g/mol. The molecule has 4 aliphatic rings. The molecule has 8 rings (SSSR count). The Bertz CT molecular complexity index is 1960. The van der Waals surface area contributed by atoms with E-state index in [9.17, 15) is 18.4 Å². The quantitative estimate of drug-likeness (QED) is 0.111. The largest absolute Gasteiger partial charge is 0.870 e. The fourth-order valence-corrected chi connectivity index (χ4v) is 7.64. The molecule has 1 unspecified atom stereocenters. The third kappa shape index (κ3) is 9.99. The van der Waals surface area contributed by atoms with Crippen molar-refractivity contribution in [2.45, 2.75) is 57.0 Å². The minimum absolute atomic E-state index is 0. The number of nitrogens with zero attached hydrogens (tertiary/aromatic N) is 1. The normalized spacial score (nSPS) is 19.6. The standard InChI is InChI=1S/C41H41Cl2F2N3O7.H2O/c1-51-33-5-3-2-4-29(33)38(40(50)54-37-22-48-16-14-25(37)15-17-48)47-28-11-8-26(9-12-28)39(49)53-35(19-30-31(42)20-46-21-32(30)43)27-10-13-34(55-41(44)45)36(18-27)52-23-24-6-7-24;/h2-5,8-13,18,20-21,24-25,35,37-38,41,47H,6-7,14-17,19,22-23H2,1H3;1H2/t35-,37-,38?;/m0./s1. The number of alkyl halides is 2. The van der Waals surface area contributed by atoms with E-state index in [4.69, 9.17) is 46.9 Å². The first-order valence-corrected chi connectivity index (χ1v) is 19.1.